The molecule has 0 radical (unpaired) electrons. The highest BCUT2D eigenvalue weighted by Crippen LogP contribution is 2.41. The van der Waals surface area contributed by atoms with Crippen molar-refractivity contribution in [1.82, 2.24) is 20.4 Å². The summed E-state index contributed by atoms with van der Waals surface area (Å²) in [5.74, 6) is 0.385. The highest BCUT2D eigenvalue weighted by molar-refractivity contribution is 6.08. The molecular weight excluding hydrogens is 344 g/mol. The maximum absolute atomic E-state index is 13.1. The van der Waals surface area contributed by atoms with Crippen LogP contribution >= 0.6 is 0 Å². The van der Waals surface area contributed by atoms with Gasteiger partial charge in [0.25, 0.3) is 5.91 Å². The van der Waals surface area contributed by atoms with Gasteiger partial charge in [0.1, 0.15) is 12.1 Å². The summed E-state index contributed by atoms with van der Waals surface area (Å²) in [4.78, 5) is 31.2. The molecule has 2 heterocycles. The minimum atomic E-state index is -0.976. The van der Waals surface area contributed by atoms with Gasteiger partial charge in [0.2, 0.25) is 11.7 Å². The third-order valence-corrected chi connectivity index (χ3v) is 5.22. The molecule has 1 atom stereocenters. The van der Waals surface area contributed by atoms with Gasteiger partial charge in [-0.25, -0.2) is 4.79 Å². The van der Waals surface area contributed by atoms with E-state index in [1.165, 1.54) is 0 Å². The van der Waals surface area contributed by atoms with E-state index in [9.17, 15) is 9.59 Å². The third-order valence-electron chi connectivity index (χ3n) is 5.22. The Morgan fingerprint density at radius 2 is 1.85 bits per heavy atom. The summed E-state index contributed by atoms with van der Waals surface area (Å²) in [6.45, 7) is -0.0472. The van der Waals surface area contributed by atoms with Gasteiger partial charge in [-0.05, 0) is 24.0 Å². The summed E-state index contributed by atoms with van der Waals surface area (Å²) in [5, 5.41) is 6.84. The second-order valence-electron chi connectivity index (χ2n) is 6.76. The second-order valence-corrected chi connectivity index (χ2v) is 6.76. The molecule has 3 aromatic rings. The van der Waals surface area contributed by atoms with Crippen LogP contribution < -0.4 is 5.32 Å². The molecule has 134 valence electrons. The van der Waals surface area contributed by atoms with Crippen LogP contribution in [0.15, 0.2) is 59.1 Å². The van der Waals surface area contributed by atoms with Crippen LogP contribution in [-0.4, -0.2) is 27.0 Å². The number of rotatable bonds is 3. The molecular formula is C20H16N4O3. The number of nitrogens with one attached hydrogen (secondary N) is 1. The van der Waals surface area contributed by atoms with E-state index in [1.807, 2.05) is 54.6 Å². The first kappa shape index (κ1) is 15.7. The standard InChI is InChI=1S/C20H16N4O3/c25-18-20(11-10-13-6-4-5-9-15(13)20)22-19(26)24(18)12-16-21-17(23-27-16)14-7-2-1-3-8-14/h1-9H,10-12H2,(H,22,26)/t20-/m0/s1. The molecule has 2 aliphatic rings. The van der Waals surface area contributed by atoms with E-state index in [4.69, 9.17) is 4.52 Å². The van der Waals surface area contributed by atoms with Gasteiger partial charge in [0, 0.05) is 5.56 Å². The van der Waals surface area contributed by atoms with Crippen molar-refractivity contribution in [2.24, 2.45) is 0 Å². The molecule has 5 rings (SSSR count). The average molecular weight is 360 g/mol. The van der Waals surface area contributed by atoms with Crippen molar-refractivity contribution in [2.75, 3.05) is 0 Å². The Morgan fingerprint density at radius 3 is 2.70 bits per heavy atom. The fourth-order valence-corrected chi connectivity index (χ4v) is 3.89. The molecule has 1 saturated heterocycles. The second kappa shape index (κ2) is 5.77. The van der Waals surface area contributed by atoms with Crippen LogP contribution in [0.25, 0.3) is 11.4 Å². The molecule has 2 aromatic carbocycles. The number of nitrogens with zero attached hydrogens (tertiary/aromatic N) is 3. The van der Waals surface area contributed by atoms with Gasteiger partial charge in [-0.1, -0.05) is 59.8 Å². The van der Waals surface area contributed by atoms with E-state index >= 15 is 0 Å². The molecule has 1 aromatic heterocycles. The lowest BCUT2D eigenvalue weighted by Crippen LogP contribution is -2.41. The third kappa shape index (κ3) is 2.35. The summed E-state index contributed by atoms with van der Waals surface area (Å²) in [5.41, 5.74) is 1.81. The molecule has 1 fully saturated rings. The van der Waals surface area contributed by atoms with Crippen molar-refractivity contribution >= 4 is 11.9 Å². The van der Waals surface area contributed by atoms with Gasteiger partial charge < -0.3 is 9.84 Å². The SMILES string of the molecule is O=C1N[C@]2(CCc3ccccc32)C(=O)N1Cc1nc(-c2ccccc2)no1. The Bertz CT molecular complexity index is 1050. The molecule has 1 spiro atoms. The van der Waals surface area contributed by atoms with Gasteiger partial charge in [0.15, 0.2) is 0 Å². The minimum Gasteiger partial charge on any atom is -0.337 e. The van der Waals surface area contributed by atoms with Crippen molar-refractivity contribution < 1.29 is 14.1 Å². The van der Waals surface area contributed by atoms with E-state index in [0.717, 1.165) is 28.0 Å². The highest BCUT2D eigenvalue weighted by atomic mass is 16.5. The van der Waals surface area contributed by atoms with Crippen LogP contribution in [0.2, 0.25) is 0 Å². The van der Waals surface area contributed by atoms with Crippen molar-refractivity contribution in [3.8, 4) is 11.4 Å². The fraction of sp³-hybridized carbons (Fsp3) is 0.200. The van der Waals surface area contributed by atoms with E-state index in [-0.39, 0.29) is 18.3 Å². The lowest BCUT2D eigenvalue weighted by Gasteiger charge is -2.21. The maximum atomic E-state index is 13.1. The molecule has 7 heteroatoms. The first-order chi connectivity index (χ1) is 13.2. The molecule has 27 heavy (non-hydrogen) atoms. The summed E-state index contributed by atoms with van der Waals surface area (Å²) in [6.07, 6.45) is 1.32. The number of benzene rings is 2. The smallest absolute Gasteiger partial charge is 0.325 e. The number of aromatic nitrogens is 2. The van der Waals surface area contributed by atoms with Crippen LogP contribution in [0, 0.1) is 0 Å². The zero-order valence-electron chi connectivity index (χ0n) is 14.4. The highest BCUT2D eigenvalue weighted by Gasteiger charge is 2.55. The number of carbonyl (C=O) groups excluding carboxylic acids is 2. The summed E-state index contributed by atoms with van der Waals surface area (Å²) >= 11 is 0. The molecule has 1 aliphatic carbocycles. The van der Waals surface area contributed by atoms with Gasteiger partial charge in [0.05, 0.1) is 0 Å². The lowest BCUT2D eigenvalue weighted by molar-refractivity contribution is -0.132. The number of hydrogen-bond donors (Lipinski definition) is 1. The van der Waals surface area contributed by atoms with Crippen LogP contribution in [-0.2, 0) is 23.3 Å². The number of aryl methyl sites for hydroxylation is 1. The minimum absolute atomic E-state index is 0.0472. The Balaban J connectivity index is 1.42. The monoisotopic (exact) mass is 360 g/mol. The molecule has 1 N–H and O–H groups in total. The number of hydrogen-bond acceptors (Lipinski definition) is 5. The number of fused-ring (bicyclic) bond motifs is 2. The van der Waals surface area contributed by atoms with Crippen molar-refractivity contribution in [2.45, 2.75) is 24.9 Å². The Hall–Kier alpha value is -3.48. The Kier molecular flexibility index (Phi) is 3.36. The number of amides is 3. The van der Waals surface area contributed by atoms with Crippen LogP contribution in [0.1, 0.15) is 23.4 Å². The normalized spacial score (nSPS) is 21.0. The predicted octanol–water partition coefficient (Wildman–Crippen LogP) is 2.63. The van der Waals surface area contributed by atoms with Gasteiger partial charge in [-0.15, -0.1) is 0 Å². The summed E-state index contributed by atoms with van der Waals surface area (Å²) in [6, 6.07) is 16.7. The van der Waals surface area contributed by atoms with Crippen molar-refractivity contribution in [3.63, 3.8) is 0 Å². The van der Waals surface area contributed by atoms with E-state index < -0.39 is 11.6 Å². The van der Waals surface area contributed by atoms with Crippen LogP contribution in [0.4, 0.5) is 4.79 Å². The Morgan fingerprint density at radius 1 is 1.07 bits per heavy atom. The summed E-state index contributed by atoms with van der Waals surface area (Å²) in [7, 11) is 0. The number of urea groups is 1. The fourth-order valence-electron chi connectivity index (χ4n) is 3.89. The van der Waals surface area contributed by atoms with Crippen molar-refractivity contribution in [1.29, 1.82) is 0 Å². The molecule has 7 nitrogen and oxygen atoms in total. The first-order valence-electron chi connectivity index (χ1n) is 8.78. The number of carbonyl (C=O) groups is 2. The van der Waals surface area contributed by atoms with Gasteiger partial charge in [-0.2, -0.15) is 4.98 Å². The molecule has 0 saturated carbocycles. The van der Waals surface area contributed by atoms with Crippen molar-refractivity contribution in [3.05, 3.63) is 71.6 Å². The zero-order valence-corrected chi connectivity index (χ0v) is 14.4. The quantitative estimate of drug-likeness (QED) is 0.726. The van der Waals surface area contributed by atoms with E-state index in [0.29, 0.717) is 12.2 Å². The topological polar surface area (TPSA) is 88.3 Å². The lowest BCUT2D eigenvalue weighted by atomic mass is 9.92. The summed E-state index contributed by atoms with van der Waals surface area (Å²) < 4.78 is 5.26. The largest absolute Gasteiger partial charge is 0.337 e. The predicted molar refractivity (Wildman–Crippen MR) is 95.3 cm³/mol. The maximum Gasteiger partial charge on any atom is 0.325 e. The Labute approximate surface area is 155 Å². The zero-order chi connectivity index (χ0) is 18.4. The van der Waals surface area contributed by atoms with Crippen LogP contribution in [0.3, 0.4) is 0 Å². The molecule has 0 bridgehead atoms. The molecule has 1 aliphatic heterocycles. The first-order valence-corrected chi connectivity index (χ1v) is 8.78. The van der Waals surface area contributed by atoms with Gasteiger partial charge in [-0.3, -0.25) is 9.69 Å². The van der Waals surface area contributed by atoms with Gasteiger partial charge >= 0.3 is 6.03 Å². The van der Waals surface area contributed by atoms with E-state index in [2.05, 4.69) is 15.5 Å². The molecule has 3 amide bonds. The molecule has 0 unspecified atom stereocenters. The van der Waals surface area contributed by atoms with Crippen LogP contribution in [0.5, 0.6) is 0 Å². The number of imide groups is 1. The van der Waals surface area contributed by atoms with E-state index in [1.54, 1.807) is 0 Å². The average Bonchev–Trinajstić information content (AvgIpc) is 3.38.